The van der Waals surface area contributed by atoms with Crippen LogP contribution in [-0.4, -0.2) is 46.6 Å². The Morgan fingerprint density at radius 2 is 1.89 bits per heavy atom. The zero-order valence-electron chi connectivity index (χ0n) is 10.9. The standard InChI is InChI=1S/C13H22N2O3/c1-9(16)14-11-4-2-3-5-12(11)15(8-13(17)18)10-6-7-10/h10-12H,2-8H2,1H3,(H,14,16)(H,17,18). The first kappa shape index (κ1) is 13.3. The van der Waals surface area contributed by atoms with Crippen LogP contribution in [0.1, 0.15) is 45.4 Å². The van der Waals surface area contributed by atoms with Gasteiger partial charge in [0, 0.05) is 25.0 Å². The molecule has 0 saturated heterocycles. The number of carboxylic acid groups (broad SMARTS) is 1. The van der Waals surface area contributed by atoms with Crippen molar-refractivity contribution in [1.29, 1.82) is 0 Å². The van der Waals surface area contributed by atoms with Crippen LogP contribution in [0.25, 0.3) is 0 Å². The number of carbonyl (C=O) groups is 2. The molecule has 2 saturated carbocycles. The summed E-state index contributed by atoms with van der Waals surface area (Å²) in [6, 6.07) is 0.739. The molecule has 2 unspecified atom stereocenters. The maximum atomic E-state index is 11.2. The molecule has 1 amide bonds. The lowest BCUT2D eigenvalue weighted by Crippen LogP contribution is -2.54. The molecule has 0 radical (unpaired) electrons. The summed E-state index contributed by atoms with van der Waals surface area (Å²) in [6.07, 6.45) is 6.39. The van der Waals surface area contributed by atoms with E-state index in [0.717, 1.165) is 38.5 Å². The second kappa shape index (κ2) is 5.69. The zero-order chi connectivity index (χ0) is 13.1. The Kier molecular flexibility index (Phi) is 4.22. The molecular weight excluding hydrogens is 232 g/mol. The Morgan fingerprint density at radius 3 is 2.44 bits per heavy atom. The maximum Gasteiger partial charge on any atom is 0.317 e. The van der Waals surface area contributed by atoms with Gasteiger partial charge in [0.05, 0.1) is 6.54 Å². The molecule has 0 aromatic heterocycles. The summed E-state index contributed by atoms with van der Waals surface area (Å²) in [5.41, 5.74) is 0. The van der Waals surface area contributed by atoms with Gasteiger partial charge in [-0.05, 0) is 25.7 Å². The summed E-state index contributed by atoms with van der Waals surface area (Å²) in [7, 11) is 0. The van der Waals surface area contributed by atoms with E-state index in [1.807, 2.05) is 0 Å². The lowest BCUT2D eigenvalue weighted by Gasteiger charge is -2.39. The molecule has 0 aromatic rings. The van der Waals surface area contributed by atoms with Crippen molar-refractivity contribution in [1.82, 2.24) is 10.2 Å². The molecule has 0 spiro atoms. The second-order valence-corrected chi connectivity index (χ2v) is 5.46. The third kappa shape index (κ3) is 3.45. The number of rotatable bonds is 5. The molecule has 2 rings (SSSR count). The summed E-state index contributed by atoms with van der Waals surface area (Å²) in [5, 5.41) is 12.0. The Balaban J connectivity index is 2.04. The highest BCUT2D eigenvalue weighted by Gasteiger charge is 2.39. The van der Waals surface area contributed by atoms with Gasteiger partial charge in [-0.25, -0.2) is 0 Å². The van der Waals surface area contributed by atoms with Gasteiger partial charge in [-0.2, -0.15) is 0 Å². The van der Waals surface area contributed by atoms with E-state index in [-0.39, 0.29) is 24.5 Å². The first-order valence-electron chi connectivity index (χ1n) is 6.82. The molecule has 2 atom stereocenters. The quantitative estimate of drug-likeness (QED) is 0.767. The number of nitrogens with zero attached hydrogens (tertiary/aromatic N) is 1. The molecule has 0 aromatic carbocycles. The van der Waals surface area contributed by atoms with Crippen molar-refractivity contribution in [3.63, 3.8) is 0 Å². The Hall–Kier alpha value is -1.10. The van der Waals surface area contributed by atoms with Gasteiger partial charge in [-0.3, -0.25) is 14.5 Å². The fraction of sp³-hybridized carbons (Fsp3) is 0.846. The number of amides is 1. The Morgan fingerprint density at radius 1 is 1.22 bits per heavy atom. The maximum absolute atomic E-state index is 11.2. The fourth-order valence-electron chi connectivity index (χ4n) is 3.02. The molecular formula is C13H22N2O3. The van der Waals surface area contributed by atoms with Crippen LogP contribution < -0.4 is 5.32 Å². The smallest absolute Gasteiger partial charge is 0.317 e. The highest BCUT2D eigenvalue weighted by atomic mass is 16.4. The van der Waals surface area contributed by atoms with Crippen LogP contribution in [0.3, 0.4) is 0 Å². The SMILES string of the molecule is CC(=O)NC1CCCCC1N(CC(=O)O)C1CC1. The molecule has 0 bridgehead atoms. The van der Waals surface area contributed by atoms with Crippen molar-refractivity contribution < 1.29 is 14.7 Å². The predicted molar refractivity (Wildman–Crippen MR) is 67.2 cm³/mol. The molecule has 18 heavy (non-hydrogen) atoms. The lowest BCUT2D eigenvalue weighted by atomic mass is 9.88. The van der Waals surface area contributed by atoms with Crippen LogP contribution in [0, 0.1) is 0 Å². The number of carboxylic acids is 1. The minimum Gasteiger partial charge on any atom is -0.480 e. The Labute approximate surface area is 108 Å². The normalized spacial score (nSPS) is 28.1. The van der Waals surface area contributed by atoms with E-state index in [1.54, 1.807) is 0 Å². The highest BCUT2D eigenvalue weighted by molar-refractivity contribution is 5.73. The van der Waals surface area contributed by atoms with Gasteiger partial charge in [0.15, 0.2) is 0 Å². The van der Waals surface area contributed by atoms with Crippen LogP contribution in [0.15, 0.2) is 0 Å². The topological polar surface area (TPSA) is 69.6 Å². The van der Waals surface area contributed by atoms with Crippen molar-refractivity contribution in [3.8, 4) is 0 Å². The first-order valence-corrected chi connectivity index (χ1v) is 6.82. The number of hydrogen-bond acceptors (Lipinski definition) is 3. The van der Waals surface area contributed by atoms with Crippen molar-refractivity contribution in [2.45, 2.75) is 63.6 Å². The molecule has 5 heteroatoms. The van der Waals surface area contributed by atoms with Gasteiger partial charge in [0.25, 0.3) is 0 Å². The lowest BCUT2D eigenvalue weighted by molar-refractivity contribution is -0.139. The number of nitrogens with one attached hydrogen (secondary N) is 1. The van der Waals surface area contributed by atoms with Gasteiger partial charge < -0.3 is 10.4 Å². The third-order valence-electron chi connectivity index (χ3n) is 3.88. The van der Waals surface area contributed by atoms with E-state index in [1.165, 1.54) is 6.92 Å². The second-order valence-electron chi connectivity index (χ2n) is 5.46. The van der Waals surface area contributed by atoms with Gasteiger partial charge in [0.2, 0.25) is 5.91 Å². The number of hydrogen-bond donors (Lipinski definition) is 2. The zero-order valence-corrected chi connectivity index (χ0v) is 10.9. The average Bonchev–Trinajstić information content (AvgIpc) is 3.09. The van der Waals surface area contributed by atoms with Crippen LogP contribution in [-0.2, 0) is 9.59 Å². The molecule has 5 nitrogen and oxygen atoms in total. The van der Waals surface area contributed by atoms with Crippen LogP contribution in [0.4, 0.5) is 0 Å². The Bertz CT molecular complexity index is 328. The molecule has 2 N–H and O–H groups in total. The summed E-state index contributed by atoms with van der Waals surface area (Å²) in [4.78, 5) is 24.3. The largest absolute Gasteiger partial charge is 0.480 e. The van der Waals surface area contributed by atoms with E-state index in [0.29, 0.717) is 6.04 Å². The van der Waals surface area contributed by atoms with Gasteiger partial charge >= 0.3 is 5.97 Å². The predicted octanol–water partition coefficient (Wildman–Crippen LogP) is 0.983. The van der Waals surface area contributed by atoms with E-state index in [4.69, 9.17) is 5.11 Å². The van der Waals surface area contributed by atoms with Crippen LogP contribution in [0.5, 0.6) is 0 Å². The number of carbonyl (C=O) groups excluding carboxylic acids is 1. The van der Waals surface area contributed by atoms with Crippen molar-refractivity contribution in [2.24, 2.45) is 0 Å². The van der Waals surface area contributed by atoms with Gasteiger partial charge in [-0.1, -0.05) is 12.8 Å². The summed E-state index contributed by atoms with van der Waals surface area (Å²) in [5.74, 6) is -0.785. The number of aliphatic carboxylic acids is 1. The monoisotopic (exact) mass is 254 g/mol. The average molecular weight is 254 g/mol. The van der Waals surface area contributed by atoms with Crippen LogP contribution >= 0.6 is 0 Å². The molecule has 0 aliphatic heterocycles. The molecule has 102 valence electrons. The summed E-state index contributed by atoms with van der Waals surface area (Å²) < 4.78 is 0. The minimum absolute atomic E-state index is 0.0158. The van der Waals surface area contributed by atoms with Crippen molar-refractivity contribution in [3.05, 3.63) is 0 Å². The molecule has 2 fully saturated rings. The van der Waals surface area contributed by atoms with E-state index in [2.05, 4.69) is 10.2 Å². The first-order chi connectivity index (χ1) is 8.58. The highest BCUT2D eigenvalue weighted by Crippen LogP contribution is 2.33. The fourth-order valence-corrected chi connectivity index (χ4v) is 3.02. The van der Waals surface area contributed by atoms with Crippen molar-refractivity contribution >= 4 is 11.9 Å². The van der Waals surface area contributed by atoms with Crippen LogP contribution in [0.2, 0.25) is 0 Å². The van der Waals surface area contributed by atoms with E-state index in [9.17, 15) is 9.59 Å². The van der Waals surface area contributed by atoms with Crippen molar-refractivity contribution in [2.75, 3.05) is 6.54 Å². The van der Waals surface area contributed by atoms with E-state index < -0.39 is 5.97 Å². The molecule has 2 aliphatic carbocycles. The van der Waals surface area contributed by atoms with Gasteiger partial charge in [-0.15, -0.1) is 0 Å². The summed E-state index contributed by atoms with van der Waals surface area (Å²) in [6.45, 7) is 1.63. The minimum atomic E-state index is -0.769. The summed E-state index contributed by atoms with van der Waals surface area (Å²) >= 11 is 0. The molecule has 2 aliphatic rings. The third-order valence-corrected chi connectivity index (χ3v) is 3.88. The van der Waals surface area contributed by atoms with E-state index >= 15 is 0 Å². The molecule has 0 heterocycles. The van der Waals surface area contributed by atoms with Gasteiger partial charge in [0.1, 0.15) is 0 Å².